The Bertz CT molecular complexity index is 686. The van der Waals surface area contributed by atoms with Gasteiger partial charge in [-0.2, -0.15) is 0 Å². The van der Waals surface area contributed by atoms with Gasteiger partial charge in [-0.15, -0.1) is 24.0 Å². The van der Waals surface area contributed by atoms with Crippen LogP contribution >= 0.6 is 24.0 Å². The van der Waals surface area contributed by atoms with Gasteiger partial charge in [-0.1, -0.05) is 164 Å². The fourth-order valence-electron chi connectivity index (χ4n) is 5.56. The first-order chi connectivity index (χ1) is 17.2. The normalized spacial score (nSPS) is 11.6. The summed E-state index contributed by atoms with van der Waals surface area (Å²) in [6.45, 7) is 2.30. The van der Waals surface area contributed by atoms with Crippen LogP contribution < -0.4 is 0 Å². The molecule has 0 aliphatic heterocycles. The Balaban J connectivity index is 0.00000648. The van der Waals surface area contributed by atoms with Gasteiger partial charge in [-0.25, -0.2) is 0 Å². The molecule has 2 aromatic rings. The highest BCUT2D eigenvalue weighted by atomic mass is 127. The van der Waals surface area contributed by atoms with E-state index in [2.05, 4.69) is 86.6 Å². The van der Waals surface area contributed by atoms with E-state index in [1.807, 2.05) is 0 Å². The molecule has 0 radical (unpaired) electrons. The van der Waals surface area contributed by atoms with Crippen molar-refractivity contribution in [2.75, 3.05) is 14.1 Å². The molecule has 0 saturated carbocycles. The van der Waals surface area contributed by atoms with Gasteiger partial charge in [0.25, 0.3) is 0 Å². The smallest absolute Gasteiger partial charge is 0.0284 e. The van der Waals surface area contributed by atoms with Crippen LogP contribution in [0.15, 0.2) is 60.7 Å². The fourth-order valence-corrected chi connectivity index (χ4v) is 5.56. The lowest BCUT2D eigenvalue weighted by atomic mass is 9.79. The van der Waals surface area contributed by atoms with E-state index in [-0.39, 0.29) is 29.5 Å². The molecular weight excluding hydrogens is 549 g/mol. The minimum Gasteiger partial charge on any atom is -0.303 e. The van der Waals surface area contributed by atoms with Crippen LogP contribution in [0.3, 0.4) is 0 Å². The number of likely N-dealkylation sites (N-methyl/N-ethyl adjacent to an activating group) is 1. The van der Waals surface area contributed by atoms with Crippen molar-refractivity contribution in [1.82, 2.24) is 4.90 Å². The summed E-state index contributed by atoms with van der Waals surface area (Å²) in [5.74, 6) is 0. The Kier molecular flexibility index (Phi) is 19.4. The number of benzene rings is 2. The van der Waals surface area contributed by atoms with Gasteiger partial charge >= 0.3 is 0 Å². The first kappa shape index (κ1) is 33.2. The van der Waals surface area contributed by atoms with Crippen LogP contribution in [0.2, 0.25) is 0 Å². The van der Waals surface area contributed by atoms with E-state index in [9.17, 15) is 0 Å². The number of hydrogen-bond acceptors (Lipinski definition) is 1. The lowest BCUT2D eigenvalue weighted by Gasteiger charge is -2.41. The van der Waals surface area contributed by atoms with Crippen LogP contribution in [-0.2, 0) is 12.8 Å². The maximum absolute atomic E-state index is 2.51. The van der Waals surface area contributed by atoms with E-state index >= 15 is 0 Å². The first-order valence-electron chi connectivity index (χ1n) is 14.9. The average molecular weight is 606 g/mol. The van der Waals surface area contributed by atoms with Gasteiger partial charge in [-0.3, -0.25) is 0 Å². The number of unbranched alkanes of at least 4 members (excludes halogenated alkanes) is 14. The Morgan fingerprint density at radius 2 is 0.833 bits per heavy atom. The SMILES string of the molecule is CCCCCCCCCCCCCCCCCC(Cc1ccccc1)(Cc1ccccc1)N(C)C.I. The molecule has 1 nitrogen and oxygen atoms in total. The highest BCUT2D eigenvalue weighted by Gasteiger charge is 2.32. The van der Waals surface area contributed by atoms with Gasteiger partial charge in [0.2, 0.25) is 0 Å². The van der Waals surface area contributed by atoms with Crippen molar-refractivity contribution < 1.29 is 0 Å². The summed E-state index contributed by atoms with van der Waals surface area (Å²) in [6, 6.07) is 22.2. The maximum atomic E-state index is 2.51. The number of halogens is 1. The Morgan fingerprint density at radius 1 is 0.500 bits per heavy atom. The molecule has 0 aliphatic rings. The molecule has 36 heavy (non-hydrogen) atoms. The lowest BCUT2D eigenvalue weighted by Crippen LogP contribution is -2.48. The molecule has 0 atom stereocenters. The third-order valence-corrected chi connectivity index (χ3v) is 7.95. The van der Waals surface area contributed by atoms with E-state index in [4.69, 9.17) is 0 Å². The van der Waals surface area contributed by atoms with E-state index in [0.29, 0.717) is 0 Å². The van der Waals surface area contributed by atoms with Gasteiger partial charge in [0.15, 0.2) is 0 Å². The summed E-state index contributed by atoms with van der Waals surface area (Å²) in [7, 11) is 4.58. The summed E-state index contributed by atoms with van der Waals surface area (Å²) in [5.41, 5.74) is 3.09. The summed E-state index contributed by atoms with van der Waals surface area (Å²) in [4.78, 5) is 2.51. The van der Waals surface area contributed by atoms with Crippen LogP contribution in [0.1, 0.15) is 121 Å². The maximum Gasteiger partial charge on any atom is 0.0284 e. The summed E-state index contributed by atoms with van der Waals surface area (Å²) in [5, 5.41) is 0. The van der Waals surface area contributed by atoms with E-state index in [0.717, 1.165) is 12.8 Å². The molecule has 2 rings (SSSR count). The topological polar surface area (TPSA) is 3.24 Å². The molecule has 2 heteroatoms. The van der Waals surface area contributed by atoms with Gasteiger partial charge in [0, 0.05) is 5.54 Å². The minimum atomic E-state index is 0. The van der Waals surface area contributed by atoms with Crippen molar-refractivity contribution >= 4 is 24.0 Å². The molecule has 0 amide bonds. The van der Waals surface area contributed by atoms with Crippen molar-refractivity contribution in [3.8, 4) is 0 Å². The average Bonchev–Trinajstić information content (AvgIpc) is 2.87. The quantitative estimate of drug-likeness (QED) is 0.101. The molecule has 0 heterocycles. The van der Waals surface area contributed by atoms with Gasteiger partial charge in [-0.05, 0) is 44.5 Å². The second kappa shape index (κ2) is 21.1. The Hall–Kier alpha value is -0.870. The van der Waals surface area contributed by atoms with Crippen molar-refractivity contribution in [3.63, 3.8) is 0 Å². The molecule has 0 saturated heterocycles. The van der Waals surface area contributed by atoms with Gasteiger partial charge in [0.05, 0.1) is 0 Å². The van der Waals surface area contributed by atoms with Crippen molar-refractivity contribution in [2.24, 2.45) is 0 Å². The second-order valence-electron chi connectivity index (χ2n) is 11.1. The predicted molar refractivity (Wildman–Crippen MR) is 172 cm³/mol. The molecule has 0 aromatic heterocycles. The second-order valence-corrected chi connectivity index (χ2v) is 11.1. The molecule has 204 valence electrons. The van der Waals surface area contributed by atoms with Gasteiger partial charge in [0.1, 0.15) is 0 Å². The van der Waals surface area contributed by atoms with Crippen LogP contribution in [0.25, 0.3) is 0 Å². The van der Waals surface area contributed by atoms with Crippen LogP contribution in [0, 0.1) is 0 Å². The molecule has 0 spiro atoms. The zero-order chi connectivity index (χ0) is 25.0. The third kappa shape index (κ3) is 14.2. The van der Waals surface area contributed by atoms with Crippen LogP contribution in [0.5, 0.6) is 0 Å². The summed E-state index contributed by atoms with van der Waals surface area (Å²) < 4.78 is 0. The van der Waals surface area contributed by atoms with Crippen molar-refractivity contribution in [1.29, 1.82) is 0 Å². The van der Waals surface area contributed by atoms with Crippen molar-refractivity contribution in [3.05, 3.63) is 71.8 Å². The number of nitrogens with zero attached hydrogens (tertiary/aromatic N) is 1. The number of rotatable bonds is 21. The molecule has 0 fully saturated rings. The predicted octanol–water partition coefficient (Wildman–Crippen LogP) is 10.7. The summed E-state index contributed by atoms with van der Waals surface area (Å²) >= 11 is 0. The Morgan fingerprint density at radius 3 is 1.17 bits per heavy atom. The molecule has 0 bridgehead atoms. The first-order valence-corrected chi connectivity index (χ1v) is 14.9. The lowest BCUT2D eigenvalue weighted by molar-refractivity contribution is 0.133. The zero-order valence-electron chi connectivity index (χ0n) is 23.9. The largest absolute Gasteiger partial charge is 0.303 e. The standard InChI is InChI=1S/C34H55N.HI/c1-4-5-6-7-8-9-10-11-12-13-14-15-16-17-24-29-34(35(2)3,30-32-25-20-18-21-26-32)31-33-27-22-19-23-28-33;/h18-23,25-28H,4-17,24,29-31H2,1-3H3;1H. The van der Waals surface area contributed by atoms with E-state index in [1.165, 1.54) is 114 Å². The fraction of sp³-hybridized carbons (Fsp3) is 0.647. The highest BCUT2D eigenvalue weighted by molar-refractivity contribution is 14.0. The molecular formula is C34H56IN. The minimum absolute atomic E-state index is 0. The van der Waals surface area contributed by atoms with E-state index < -0.39 is 0 Å². The zero-order valence-corrected chi connectivity index (χ0v) is 26.2. The molecule has 2 aromatic carbocycles. The summed E-state index contributed by atoms with van der Waals surface area (Å²) in [6.07, 6.45) is 24.9. The molecule has 0 unspecified atom stereocenters. The van der Waals surface area contributed by atoms with Crippen LogP contribution in [-0.4, -0.2) is 24.5 Å². The highest BCUT2D eigenvalue weighted by Crippen LogP contribution is 2.30. The molecule has 0 N–H and O–H groups in total. The van der Waals surface area contributed by atoms with Crippen LogP contribution in [0.4, 0.5) is 0 Å². The third-order valence-electron chi connectivity index (χ3n) is 7.95. The monoisotopic (exact) mass is 605 g/mol. The van der Waals surface area contributed by atoms with E-state index in [1.54, 1.807) is 0 Å². The number of hydrogen-bond donors (Lipinski definition) is 0. The molecule has 0 aliphatic carbocycles. The van der Waals surface area contributed by atoms with Gasteiger partial charge < -0.3 is 4.90 Å². The van der Waals surface area contributed by atoms with Crippen molar-refractivity contribution in [2.45, 2.75) is 128 Å². The Labute approximate surface area is 241 Å².